The van der Waals surface area contributed by atoms with Gasteiger partial charge < -0.3 is 20.1 Å². The Labute approximate surface area is 158 Å². The van der Waals surface area contributed by atoms with Crippen LogP contribution in [-0.2, 0) is 4.74 Å². The van der Waals surface area contributed by atoms with Gasteiger partial charge in [0, 0.05) is 30.6 Å². The molecular formula is C20H23N3O4. The van der Waals surface area contributed by atoms with Crippen molar-refractivity contribution < 1.29 is 19.1 Å². The van der Waals surface area contributed by atoms with Crippen LogP contribution >= 0.6 is 0 Å². The number of benzene rings is 1. The Bertz CT molecular complexity index is 786. The van der Waals surface area contributed by atoms with Crippen molar-refractivity contribution in [3.05, 3.63) is 53.9 Å². The summed E-state index contributed by atoms with van der Waals surface area (Å²) >= 11 is 0. The van der Waals surface area contributed by atoms with Gasteiger partial charge in [-0.25, -0.2) is 0 Å². The fourth-order valence-electron chi connectivity index (χ4n) is 2.80. The molecule has 1 aromatic carbocycles. The molecular weight excluding hydrogens is 346 g/mol. The first kappa shape index (κ1) is 18.8. The van der Waals surface area contributed by atoms with Crippen LogP contribution in [-0.4, -0.2) is 42.7 Å². The zero-order valence-corrected chi connectivity index (χ0v) is 15.2. The highest BCUT2D eigenvalue weighted by Gasteiger charge is 2.18. The van der Waals surface area contributed by atoms with Gasteiger partial charge >= 0.3 is 0 Å². The van der Waals surface area contributed by atoms with Gasteiger partial charge in [-0.2, -0.15) is 0 Å². The lowest BCUT2D eigenvalue weighted by atomic mass is 10.2. The summed E-state index contributed by atoms with van der Waals surface area (Å²) in [6.07, 6.45) is 3.46. The van der Waals surface area contributed by atoms with Crippen molar-refractivity contribution in [1.82, 2.24) is 10.3 Å². The van der Waals surface area contributed by atoms with E-state index in [1.165, 1.54) is 12.3 Å². The van der Waals surface area contributed by atoms with Gasteiger partial charge in [-0.15, -0.1) is 0 Å². The molecule has 0 bridgehead atoms. The second-order valence-corrected chi connectivity index (χ2v) is 6.19. The van der Waals surface area contributed by atoms with Gasteiger partial charge in [0.05, 0.1) is 12.7 Å². The zero-order valence-electron chi connectivity index (χ0n) is 15.2. The SMILES string of the molecule is CCOc1ccc(NC(=O)c2ccnc(C(=O)NCC3CCCO3)c2)cc1. The van der Waals surface area contributed by atoms with Gasteiger partial charge in [-0.3, -0.25) is 14.6 Å². The van der Waals surface area contributed by atoms with E-state index < -0.39 is 0 Å². The first-order chi connectivity index (χ1) is 13.2. The van der Waals surface area contributed by atoms with Gasteiger partial charge in [-0.05, 0) is 56.2 Å². The van der Waals surface area contributed by atoms with Crippen molar-refractivity contribution in [2.45, 2.75) is 25.9 Å². The minimum atomic E-state index is -0.318. The molecule has 1 unspecified atom stereocenters. The minimum Gasteiger partial charge on any atom is -0.494 e. The molecule has 7 nitrogen and oxygen atoms in total. The fourth-order valence-corrected chi connectivity index (χ4v) is 2.80. The summed E-state index contributed by atoms with van der Waals surface area (Å²) in [5.41, 5.74) is 1.21. The van der Waals surface area contributed by atoms with E-state index in [0.29, 0.717) is 24.4 Å². The highest BCUT2D eigenvalue weighted by atomic mass is 16.5. The quantitative estimate of drug-likeness (QED) is 0.783. The highest BCUT2D eigenvalue weighted by Crippen LogP contribution is 2.16. The molecule has 7 heteroatoms. The van der Waals surface area contributed by atoms with Crippen molar-refractivity contribution in [3.8, 4) is 5.75 Å². The molecule has 1 aliphatic heterocycles. The molecule has 0 saturated carbocycles. The second kappa shape index (κ2) is 9.14. The van der Waals surface area contributed by atoms with Gasteiger partial charge in [0.2, 0.25) is 0 Å². The summed E-state index contributed by atoms with van der Waals surface area (Å²) in [6, 6.07) is 10.2. The molecule has 3 rings (SSSR count). The van der Waals surface area contributed by atoms with Crippen molar-refractivity contribution in [2.24, 2.45) is 0 Å². The Hall–Kier alpha value is -2.93. The molecule has 2 aromatic rings. The summed E-state index contributed by atoms with van der Waals surface area (Å²) in [6.45, 7) is 3.68. The van der Waals surface area contributed by atoms with E-state index in [0.717, 1.165) is 25.2 Å². The Kier molecular flexibility index (Phi) is 6.38. The second-order valence-electron chi connectivity index (χ2n) is 6.19. The molecule has 27 heavy (non-hydrogen) atoms. The molecule has 2 amide bonds. The largest absolute Gasteiger partial charge is 0.494 e. The average molecular weight is 369 g/mol. The first-order valence-electron chi connectivity index (χ1n) is 9.06. The smallest absolute Gasteiger partial charge is 0.269 e. The van der Waals surface area contributed by atoms with Crippen LogP contribution in [0.1, 0.15) is 40.6 Å². The molecule has 0 aliphatic carbocycles. The fraction of sp³-hybridized carbons (Fsp3) is 0.350. The van der Waals surface area contributed by atoms with Gasteiger partial charge in [0.25, 0.3) is 11.8 Å². The van der Waals surface area contributed by atoms with Crippen LogP contribution in [0.25, 0.3) is 0 Å². The van der Waals surface area contributed by atoms with E-state index in [1.807, 2.05) is 6.92 Å². The van der Waals surface area contributed by atoms with Crippen LogP contribution in [0.15, 0.2) is 42.6 Å². The molecule has 1 aliphatic rings. The Morgan fingerprint density at radius 3 is 2.74 bits per heavy atom. The van der Waals surface area contributed by atoms with Gasteiger partial charge in [0.15, 0.2) is 0 Å². The Morgan fingerprint density at radius 1 is 1.22 bits per heavy atom. The maximum absolute atomic E-state index is 12.4. The van der Waals surface area contributed by atoms with Crippen molar-refractivity contribution in [1.29, 1.82) is 0 Å². The van der Waals surface area contributed by atoms with Gasteiger partial charge in [0.1, 0.15) is 11.4 Å². The number of anilines is 1. The van der Waals surface area contributed by atoms with Crippen LogP contribution in [0.3, 0.4) is 0 Å². The third kappa shape index (κ3) is 5.27. The number of nitrogens with one attached hydrogen (secondary N) is 2. The van der Waals surface area contributed by atoms with Gasteiger partial charge in [-0.1, -0.05) is 0 Å². The van der Waals surface area contributed by atoms with E-state index >= 15 is 0 Å². The van der Waals surface area contributed by atoms with Crippen molar-refractivity contribution in [2.75, 3.05) is 25.1 Å². The topological polar surface area (TPSA) is 89.5 Å². The van der Waals surface area contributed by atoms with E-state index in [9.17, 15) is 9.59 Å². The molecule has 2 heterocycles. The van der Waals surface area contributed by atoms with Crippen LogP contribution in [0.4, 0.5) is 5.69 Å². The van der Waals surface area contributed by atoms with E-state index in [1.54, 1.807) is 30.3 Å². The molecule has 1 atom stereocenters. The lowest BCUT2D eigenvalue weighted by molar-refractivity contribution is 0.0853. The number of carbonyl (C=O) groups is 2. The summed E-state index contributed by atoms with van der Waals surface area (Å²) in [7, 11) is 0. The number of carbonyl (C=O) groups excluding carboxylic acids is 2. The van der Waals surface area contributed by atoms with E-state index in [-0.39, 0.29) is 23.6 Å². The van der Waals surface area contributed by atoms with E-state index in [4.69, 9.17) is 9.47 Å². The van der Waals surface area contributed by atoms with E-state index in [2.05, 4.69) is 15.6 Å². The number of aromatic nitrogens is 1. The Balaban J connectivity index is 1.59. The Morgan fingerprint density at radius 2 is 2.04 bits per heavy atom. The van der Waals surface area contributed by atoms with Crippen molar-refractivity contribution in [3.63, 3.8) is 0 Å². The standard InChI is InChI=1S/C20H23N3O4/c1-2-26-16-7-5-15(6-8-16)23-19(24)14-9-10-21-18(12-14)20(25)22-13-17-4-3-11-27-17/h5-10,12,17H,2-4,11,13H2,1H3,(H,22,25)(H,23,24). The first-order valence-corrected chi connectivity index (χ1v) is 9.06. The van der Waals surface area contributed by atoms with Crippen LogP contribution in [0.5, 0.6) is 5.75 Å². The number of nitrogens with zero attached hydrogens (tertiary/aromatic N) is 1. The third-order valence-electron chi connectivity index (χ3n) is 4.19. The highest BCUT2D eigenvalue weighted by molar-refractivity contribution is 6.05. The maximum atomic E-state index is 12.4. The molecule has 2 N–H and O–H groups in total. The predicted molar refractivity (Wildman–Crippen MR) is 101 cm³/mol. The van der Waals surface area contributed by atoms with Crippen LogP contribution < -0.4 is 15.4 Å². The predicted octanol–water partition coefficient (Wildman–Crippen LogP) is 2.64. The number of rotatable bonds is 7. The van der Waals surface area contributed by atoms with Crippen LogP contribution in [0.2, 0.25) is 0 Å². The zero-order chi connectivity index (χ0) is 19.1. The molecule has 1 fully saturated rings. The monoisotopic (exact) mass is 369 g/mol. The lowest BCUT2D eigenvalue weighted by Gasteiger charge is -2.11. The van der Waals surface area contributed by atoms with Crippen molar-refractivity contribution >= 4 is 17.5 Å². The number of ether oxygens (including phenoxy) is 2. The number of hydrogen-bond donors (Lipinski definition) is 2. The minimum absolute atomic E-state index is 0.0556. The maximum Gasteiger partial charge on any atom is 0.269 e. The average Bonchev–Trinajstić information content (AvgIpc) is 3.21. The number of pyridine rings is 1. The molecule has 0 spiro atoms. The molecule has 0 radical (unpaired) electrons. The molecule has 142 valence electrons. The summed E-state index contributed by atoms with van der Waals surface area (Å²) in [5.74, 6) is 0.112. The summed E-state index contributed by atoms with van der Waals surface area (Å²) in [5, 5.41) is 5.60. The number of hydrogen-bond acceptors (Lipinski definition) is 5. The molecule has 1 aromatic heterocycles. The number of amides is 2. The third-order valence-corrected chi connectivity index (χ3v) is 4.19. The normalized spacial score (nSPS) is 16.0. The lowest BCUT2D eigenvalue weighted by Crippen LogP contribution is -2.32. The summed E-state index contributed by atoms with van der Waals surface area (Å²) < 4.78 is 10.9. The van der Waals surface area contributed by atoms with Crippen LogP contribution in [0, 0.1) is 0 Å². The summed E-state index contributed by atoms with van der Waals surface area (Å²) in [4.78, 5) is 28.8. The molecule has 1 saturated heterocycles.